The predicted molar refractivity (Wildman–Crippen MR) is 114 cm³/mol. The highest BCUT2D eigenvalue weighted by Crippen LogP contribution is 2.41. The highest BCUT2D eigenvalue weighted by Gasteiger charge is 2.41. The van der Waals surface area contributed by atoms with Crippen LogP contribution in [0.15, 0.2) is 54.6 Å². The minimum absolute atomic E-state index is 0.00416. The number of likely N-dealkylation sites (N-methyl/N-ethyl adjacent to an activating group) is 1. The summed E-state index contributed by atoms with van der Waals surface area (Å²) in [6, 6.07) is 15.0. The van der Waals surface area contributed by atoms with E-state index in [2.05, 4.69) is 0 Å². The van der Waals surface area contributed by atoms with Crippen molar-refractivity contribution in [2.45, 2.75) is 19.6 Å². The first kappa shape index (κ1) is 22.9. The molecule has 3 rings (SSSR count). The molecule has 0 bridgehead atoms. The lowest BCUT2D eigenvalue weighted by atomic mass is 10.00. The maximum absolute atomic E-state index is 14.2. The molecule has 0 radical (unpaired) electrons. The van der Waals surface area contributed by atoms with E-state index >= 15 is 0 Å². The molecular formula is C23H22ClF3N2O2. The smallest absolute Gasteiger partial charge is 0.395 e. The molecule has 2 aromatic carbocycles. The minimum atomic E-state index is -4.67. The second kappa shape index (κ2) is 9.16. The highest BCUT2D eigenvalue weighted by atomic mass is 35.5. The van der Waals surface area contributed by atoms with Crippen LogP contribution in [-0.2, 0) is 12.7 Å². The first-order chi connectivity index (χ1) is 14.6. The Morgan fingerprint density at radius 3 is 2.26 bits per heavy atom. The number of alkyl halides is 3. The number of rotatable bonds is 6. The molecule has 0 unspecified atom stereocenters. The fourth-order valence-electron chi connectivity index (χ4n) is 3.66. The molecule has 8 heteroatoms. The molecule has 164 valence electrons. The largest absolute Gasteiger partial charge is 0.431 e. The van der Waals surface area contributed by atoms with Crippen LogP contribution < -0.4 is 0 Å². The Balaban J connectivity index is 2.33. The number of carbonyl (C=O) groups excluding carboxylic acids is 1. The summed E-state index contributed by atoms with van der Waals surface area (Å²) < 4.78 is 43.6. The summed E-state index contributed by atoms with van der Waals surface area (Å²) in [5, 5.41) is 9.68. The third-order valence-electron chi connectivity index (χ3n) is 5.08. The quantitative estimate of drug-likeness (QED) is 0.557. The molecule has 0 fully saturated rings. The van der Waals surface area contributed by atoms with E-state index in [1.54, 1.807) is 54.6 Å². The monoisotopic (exact) mass is 450 g/mol. The molecule has 0 saturated heterocycles. The van der Waals surface area contributed by atoms with Crippen molar-refractivity contribution in [3.05, 3.63) is 82.1 Å². The summed E-state index contributed by atoms with van der Waals surface area (Å²) >= 11 is 5.96. The Morgan fingerprint density at radius 1 is 1.10 bits per heavy atom. The summed E-state index contributed by atoms with van der Waals surface area (Å²) in [6.07, 6.45) is -4.67. The fraction of sp³-hybridized carbons (Fsp3) is 0.261. The zero-order chi connectivity index (χ0) is 22.8. The summed E-state index contributed by atoms with van der Waals surface area (Å²) in [6.45, 7) is 0.939. The van der Waals surface area contributed by atoms with Crippen LogP contribution >= 0.6 is 11.6 Å². The molecular weight excluding hydrogens is 429 g/mol. The third-order valence-corrected chi connectivity index (χ3v) is 5.33. The maximum Gasteiger partial charge on any atom is 0.431 e. The van der Waals surface area contributed by atoms with Crippen LogP contribution in [0.25, 0.3) is 11.1 Å². The predicted octanol–water partition coefficient (Wildman–Crippen LogP) is 5.25. The molecule has 3 aromatic rings. The van der Waals surface area contributed by atoms with Crippen molar-refractivity contribution in [2.75, 3.05) is 20.2 Å². The first-order valence-electron chi connectivity index (χ1n) is 9.61. The van der Waals surface area contributed by atoms with Gasteiger partial charge in [0.1, 0.15) is 11.4 Å². The van der Waals surface area contributed by atoms with Gasteiger partial charge in [0.2, 0.25) is 0 Å². The number of aliphatic hydroxyl groups is 1. The lowest BCUT2D eigenvalue weighted by Gasteiger charge is -2.20. The van der Waals surface area contributed by atoms with Crippen molar-refractivity contribution in [1.29, 1.82) is 0 Å². The fourth-order valence-corrected chi connectivity index (χ4v) is 3.79. The van der Waals surface area contributed by atoms with Crippen molar-refractivity contribution in [3.8, 4) is 11.1 Å². The van der Waals surface area contributed by atoms with E-state index in [0.717, 1.165) is 4.57 Å². The Bertz CT molecular complexity index is 1060. The Labute approximate surface area is 183 Å². The van der Waals surface area contributed by atoms with Gasteiger partial charge in [0.05, 0.1) is 6.61 Å². The zero-order valence-corrected chi connectivity index (χ0v) is 17.8. The van der Waals surface area contributed by atoms with Crippen molar-refractivity contribution in [2.24, 2.45) is 0 Å². The molecule has 1 aromatic heterocycles. The summed E-state index contributed by atoms with van der Waals surface area (Å²) in [7, 11) is 1.45. The average molecular weight is 451 g/mol. The SMILES string of the molecule is Cc1c(-c2ccc(Cl)cc2)c(C(=O)N(C)CCO)n(Cc2ccccc2)c1C(F)(F)F. The number of halogens is 4. The van der Waals surface area contributed by atoms with E-state index in [1.165, 1.54) is 18.9 Å². The maximum atomic E-state index is 14.2. The summed E-state index contributed by atoms with van der Waals surface area (Å²) in [5.41, 5.74) is 0.305. The minimum Gasteiger partial charge on any atom is -0.395 e. The van der Waals surface area contributed by atoms with Gasteiger partial charge in [-0.25, -0.2) is 0 Å². The van der Waals surface area contributed by atoms with Crippen LogP contribution in [0, 0.1) is 6.92 Å². The summed E-state index contributed by atoms with van der Waals surface area (Å²) in [5.74, 6) is -0.603. The second-order valence-corrected chi connectivity index (χ2v) is 7.66. The summed E-state index contributed by atoms with van der Waals surface area (Å²) in [4.78, 5) is 14.5. The first-order valence-corrected chi connectivity index (χ1v) is 9.99. The standard InChI is InChI=1S/C23H22ClF3N2O2/c1-15-19(17-8-10-18(24)11-9-17)20(22(31)28(2)12-13-30)29(21(15)23(25,26)27)14-16-6-4-3-5-7-16/h3-11,30H,12-14H2,1-2H3. The van der Waals surface area contributed by atoms with Gasteiger partial charge in [-0.2, -0.15) is 13.2 Å². The number of nitrogens with zero attached hydrogens (tertiary/aromatic N) is 2. The van der Waals surface area contributed by atoms with E-state index in [0.29, 0.717) is 16.1 Å². The second-order valence-electron chi connectivity index (χ2n) is 7.22. The average Bonchev–Trinajstić information content (AvgIpc) is 3.01. The number of amides is 1. The number of aliphatic hydroxyl groups excluding tert-OH is 1. The molecule has 0 saturated carbocycles. The number of hydrogen-bond acceptors (Lipinski definition) is 2. The van der Waals surface area contributed by atoms with Gasteiger partial charge in [0.25, 0.3) is 5.91 Å². The zero-order valence-electron chi connectivity index (χ0n) is 17.1. The van der Waals surface area contributed by atoms with Gasteiger partial charge in [-0.05, 0) is 35.7 Å². The molecule has 1 N–H and O–H groups in total. The van der Waals surface area contributed by atoms with Crippen LogP contribution in [0.5, 0.6) is 0 Å². The van der Waals surface area contributed by atoms with E-state index in [4.69, 9.17) is 11.6 Å². The van der Waals surface area contributed by atoms with Gasteiger partial charge in [-0.1, -0.05) is 54.1 Å². The third kappa shape index (κ3) is 4.78. The van der Waals surface area contributed by atoms with E-state index in [-0.39, 0.29) is 36.5 Å². The van der Waals surface area contributed by atoms with Gasteiger partial charge < -0.3 is 14.6 Å². The van der Waals surface area contributed by atoms with Crippen LogP contribution in [0.2, 0.25) is 5.02 Å². The van der Waals surface area contributed by atoms with Gasteiger partial charge >= 0.3 is 6.18 Å². The molecule has 4 nitrogen and oxygen atoms in total. The van der Waals surface area contributed by atoms with Crippen molar-refractivity contribution in [1.82, 2.24) is 9.47 Å². The molecule has 31 heavy (non-hydrogen) atoms. The van der Waals surface area contributed by atoms with Crippen LogP contribution in [0.1, 0.15) is 27.3 Å². The number of aromatic nitrogens is 1. The van der Waals surface area contributed by atoms with E-state index in [9.17, 15) is 23.1 Å². The lowest BCUT2D eigenvalue weighted by Crippen LogP contribution is -2.32. The number of carbonyl (C=O) groups is 1. The van der Waals surface area contributed by atoms with Crippen LogP contribution in [0.3, 0.4) is 0 Å². The molecule has 0 atom stereocenters. The Hall–Kier alpha value is -2.77. The number of benzene rings is 2. The molecule has 0 aliphatic rings. The lowest BCUT2D eigenvalue weighted by molar-refractivity contribution is -0.143. The molecule has 1 heterocycles. The molecule has 0 spiro atoms. The topological polar surface area (TPSA) is 45.5 Å². The Morgan fingerprint density at radius 2 is 1.71 bits per heavy atom. The molecule has 0 aliphatic carbocycles. The highest BCUT2D eigenvalue weighted by molar-refractivity contribution is 6.30. The van der Waals surface area contributed by atoms with Crippen molar-refractivity contribution >= 4 is 17.5 Å². The van der Waals surface area contributed by atoms with Gasteiger partial charge in [-0.3, -0.25) is 4.79 Å². The van der Waals surface area contributed by atoms with E-state index < -0.39 is 17.8 Å². The van der Waals surface area contributed by atoms with Gasteiger partial charge in [0.15, 0.2) is 0 Å². The van der Waals surface area contributed by atoms with Crippen LogP contribution in [-0.4, -0.2) is 40.7 Å². The van der Waals surface area contributed by atoms with Crippen molar-refractivity contribution < 1.29 is 23.1 Å². The molecule has 0 aliphatic heterocycles. The normalized spacial score (nSPS) is 11.6. The number of hydrogen-bond donors (Lipinski definition) is 1. The van der Waals surface area contributed by atoms with Gasteiger partial charge in [0, 0.05) is 30.7 Å². The van der Waals surface area contributed by atoms with Crippen molar-refractivity contribution in [3.63, 3.8) is 0 Å². The molecule has 1 amide bonds. The Kier molecular flexibility index (Phi) is 6.77. The van der Waals surface area contributed by atoms with Crippen LogP contribution in [0.4, 0.5) is 13.2 Å². The van der Waals surface area contributed by atoms with E-state index in [1.807, 2.05) is 0 Å². The van der Waals surface area contributed by atoms with Gasteiger partial charge in [-0.15, -0.1) is 0 Å².